The minimum absolute atomic E-state index is 0.00284. The number of carbonyl (C=O) groups excluding carboxylic acids is 3. The van der Waals surface area contributed by atoms with Crippen LogP contribution < -0.4 is 5.32 Å². The van der Waals surface area contributed by atoms with Crippen molar-refractivity contribution in [1.29, 1.82) is 0 Å². The number of nitrogens with one attached hydrogen (secondary N) is 1. The van der Waals surface area contributed by atoms with Gasteiger partial charge in [-0.2, -0.15) is 5.10 Å². The van der Waals surface area contributed by atoms with Gasteiger partial charge in [0.15, 0.2) is 15.9 Å². The van der Waals surface area contributed by atoms with Crippen LogP contribution in [0.1, 0.15) is 26.2 Å². The van der Waals surface area contributed by atoms with Crippen molar-refractivity contribution >= 4 is 50.8 Å². The Balaban J connectivity index is 1.65. The second kappa shape index (κ2) is 9.17. The van der Waals surface area contributed by atoms with E-state index in [4.69, 9.17) is 4.74 Å². The SMILES string of the molecule is CSc1ccccc1NC(=O)[C@H](C)OC(=O)C1=NN([C@H]2CCS(=O)(=O)C2)C(=O)CC1. The highest BCUT2D eigenvalue weighted by Gasteiger charge is 2.37. The number of ether oxygens (including phenoxy) is 1. The van der Waals surface area contributed by atoms with Crippen LogP contribution in [0.4, 0.5) is 5.69 Å². The van der Waals surface area contributed by atoms with E-state index in [1.165, 1.54) is 18.7 Å². The van der Waals surface area contributed by atoms with E-state index in [-0.39, 0.29) is 42.4 Å². The van der Waals surface area contributed by atoms with Crippen molar-refractivity contribution in [2.75, 3.05) is 23.1 Å². The number of nitrogens with zero attached hydrogens (tertiary/aromatic N) is 2. The fourth-order valence-corrected chi connectivity index (χ4v) is 5.48. The number of hydrazone groups is 1. The molecule has 0 saturated carbocycles. The number of sulfone groups is 1. The first-order chi connectivity index (χ1) is 14.2. The van der Waals surface area contributed by atoms with E-state index < -0.39 is 33.9 Å². The van der Waals surface area contributed by atoms with Crippen molar-refractivity contribution in [3.05, 3.63) is 24.3 Å². The molecular formula is C19H23N3O6S2. The molecule has 162 valence electrons. The average molecular weight is 454 g/mol. The van der Waals surface area contributed by atoms with Crippen molar-refractivity contribution in [3.8, 4) is 0 Å². The minimum atomic E-state index is -3.21. The minimum Gasteiger partial charge on any atom is -0.448 e. The normalized spacial score (nSPS) is 21.7. The number of anilines is 1. The molecule has 1 N–H and O–H groups in total. The maximum atomic E-state index is 12.5. The second-order valence-electron chi connectivity index (χ2n) is 7.08. The predicted octanol–water partition coefficient (Wildman–Crippen LogP) is 1.44. The van der Waals surface area contributed by atoms with E-state index in [0.29, 0.717) is 5.69 Å². The zero-order valence-corrected chi connectivity index (χ0v) is 18.3. The number of rotatable bonds is 6. The lowest BCUT2D eigenvalue weighted by Gasteiger charge is -2.27. The van der Waals surface area contributed by atoms with E-state index in [2.05, 4.69) is 10.4 Å². The van der Waals surface area contributed by atoms with Gasteiger partial charge in [0.1, 0.15) is 5.71 Å². The van der Waals surface area contributed by atoms with Crippen molar-refractivity contribution in [2.45, 2.75) is 43.2 Å². The molecule has 11 heteroatoms. The summed E-state index contributed by atoms with van der Waals surface area (Å²) in [6.07, 6.45) is 1.21. The molecule has 1 fully saturated rings. The van der Waals surface area contributed by atoms with Gasteiger partial charge in [0.2, 0.25) is 5.91 Å². The molecule has 1 aromatic carbocycles. The standard InChI is InChI=1S/C19H23N3O6S2/c1-12(18(24)20-14-5-3-4-6-16(14)29-2)28-19(25)15-7-8-17(23)22(21-15)13-9-10-30(26,27)11-13/h3-6,12-13H,7-11H2,1-2H3,(H,20,24)/t12-,13-/m0/s1. The lowest BCUT2D eigenvalue weighted by atomic mass is 10.1. The van der Waals surface area contributed by atoms with E-state index in [1.54, 1.807) is 12.1 Å². The number of esters is 1. The first-order valence-corrected chi connectivity index (χ1v) is 12.5. The molecule has 30 heavy (non-hydrogen) atoms. The average Bonchev–Trinajstić information content (AvgIpc) is 3.08. The summed E-state index contributed by atoms with van der Waals surface area (Å²) in [5, 5.41) is 7.88. The number of carbonyl (C=O) groups is 3. The van der Waals surface area contributed by atoms with Crippen molar-refractivity contribution in [2.24, 2.45) is 5.10 Å². The van der Waals surface area contributed by atoms with Crippen LogP contribution in [0, 0.1) is 0 Å². The molecule has 0 unspecified atom stereocenters. The van der Waals surface area contributed by atoms with Crippen LogP contribution in [0.5, 0.6) is 0 Å². The number of para-hydroxylation sites is 1. The van der Waals surface area contributed by atoms with Crippen LogP contribution in [0.2, 0.25) is 0 Å². The van der Waals surface area contributed by atoms with Gasteiger partial charge in [0.05, 0.1) is 23.2 Å². The van der Waals surface area contributed by atoms with Gasteiger partial charge in [0, 0.05) is 17.7 Å². The molecule has 1 saturated heterocycles. The molecule has 9 nitrogen and oxygen atoms in total. The molecule has 2 aliphatic heterocycles. The van der Waals surface area contributed by atoms with Crippen LogP contribution in [-0.4, -0.2) is 66.8 Å². The number of hydrogen-bond acceptors (Lipinski definition) is 8. The van der Waals surface area contributed by atoms with Gasteiger partial charge in [-0.1, -0.05) is 12.1 Å². The summed E-state index contributed by atoms with van der Waals surface area (Å²) in [5.41, 5.74) is 0.621. The lowest BCUT2D eigenvalue weighted by Crippen LogP contribution is -2.42. The highest BCUT2D eigenvalue weighted by atomic mass is 32.2. The second-order valence-corrected chi connectivity index (χ2v) is 10.2. The predicted molar refractivity (Wildman–Crippen MR) is 113 cm³/mol. The molecule has 2 atom stereocenters. The third-order valence-corrected chi connectivity index (χ3v) is 7.41. The van der Waals surface area contributed by atoms with Crippen LogP contribution in [0.3, 0.4) is 0 Å². The summed E-state index contributed by atoms with van der Waals surface area (Å²) in [4.78, 5) is 38.0. The largest absolute Gasteiger partial charge is 0.448 e. The Morgan fingerprint density at radius 1 is 1.30 bits per heavy atom. The fraction of sp³-hybridized carbons (Fsp3) is 0.474. The number of thioether (sulfide) groups is 1. The Hall–Kier alpha value is -2.40. The van der Waals surface area contributed by atoms with Gasteiger partial charge < -0.3 is 10.1 Å². The first kappa shape index (κ1) is 22.3. The quantitative estimate of drug-likeness (QED) is 0.511. The first-order valence-electron chi connectivity index (χ1n) is 9.45. The van der Waals surface area contributed by atoms with Gasteiger partial charge >= 0.3 is 5.97 Å². The highest BCUT2D eigenvalue weighted by Crippen LogP contribution is 2.25. The molecular weight excluding hydrogens is 430 g/mol. The van der Waals surface area contributed by atoms with Gasteiger partial charge in [-0.15, -0.1) is 11.8 Å². The summed E-state index contributed by atoms with van der Waals surface area (Å²) in [6, 6.07) is 6.69. The number of amides is 2. The Morgan fingerprint density at radius 3 is 2.70 bits per heavy atom. The maximum Gasteiger partial charge on any atom is 0.355 e. The van der Waals surface area contributed by atoms with E-state index in [0.717, 1.165) is 9.90 Å². The maximum absolute atomic E-state index is 12.5. The fourth-order valence-electron chi connectivity index (χ4n) is 3.24. The molecule has 2 amide bonds. The topological polar surface area (TPSA) is 122 Å². The third kappa shape index (κ3) is 5.20. The van der Waals surface area contributed by atoms with Crippen molar-refractivity contribution in [1.82, 2.24) is 5.01 Å². The smallest absolute Gasteiger partial charge is 0.355 e. The molecule has 0 radical (unpaired) electrons. The molecule has 0 aromatic heterocycles. The molecule has 1 aromatic rings. The van der Waals surface area contributed by atoms with E-state index in [9.17, 15) is 22.8 Å². The van der Waals surface area contributed by atoms with E-state index in [1.807, 2.05) is 18.4 Å². The van der Waals surface area contributed by atoms with Gasteiger partial charge in [-0.05, 0) is 31.7 Å². The van der Waals surface area contributed by atoms with Gasteiger partial charge in [-0.3, -0.25) is 9.59 Å². The molecule has 0 bridgehead atoms. The summed E-state index contributed by atoms with van der Waals surface area (Å²) in [7, 11) is -3.21. The molecule has 2 aliphatic rings. The van der Waals surface area contributed by atoms with Crippen molar-refractivity contribution in [3.63, 3.8) is 0 Å². The van der Waals surface area contributed by atoms with Gasteiger partial charge in [-0.25, -0.2) is 18.2 Å². The lowest BCUT2D eigenvalue weighted by molar-refractivity contribution is -0.147. The van der Waals surface area contributed by atoms with Crippen LogP contribution in [-0.2, 0) is 29.0 Å². The molecule has 3 rings (SSSR count). The number of hydrogen-bond donors (Lipinski definition) is 1. The summed E-state index contributed by atoms with van der Waals surface area (Å²) < 4.78 is 28.6. The molecule has 0 spiro atoms. The van der Waals surface area contributed by atoms with Crippen LogP contribution in [0.15, 0.2) is 34.3 Å². The molecule has 2 heterocycles. The third-order valence-electron chi connectivity index (χ3n) is 4.87. The Bertz CT molecular complexity index is 992. The Labute approximate surface area is 179 Å². The molecule has 0 aliphatic carbocycles. The van der Waals surface area contributed by atoms with Crippen molar-refractivity contribution < 1.29 is 27.5 Å². The Kier molecular flexibility index (Phi) is 6.81. The van der Waals surface area contributed by atoms with Gasteiger partial charge in [0.25, 0.3) is 5.91 Å². The van der Waals surface area contributed by atoms with E-state index >= 15 is 0 Å². The van der Waals surface area contributed by atoms with Crippen LogP contribution in [0.25, 0.3) is 0 Å². The highest BCUT2D eigenvalue weighted by molar-refractivity contribution is 7.98. The number of benzene rings is 1. The summed E-state index contributed by atoms with van der Waals surface area (Å²) >= 11 is 1.48. The van der Waals surface area contributed by atoms with Crippen LogP contribution >= 0.6 is 11.8 Å². The monoisotopic (exact) mass is 453 g/mol. The summed E-state index contributed by atoms with van der Waals surface area (Å²) in [5.74, 6) is -1.79. The Morgan fingerprint density at radius 2 is 2.03 bits per heavy atom. The zero-order chi connectivity index (χ0) is 21.9. The zero-order valence-electron chi connectivity index (χ0n) is 16.7. The summed E-state index contributed by atoms with van der Waals surface area (Å²) in [6.45, 7) is 1.45.